The second-order valence-electron chi connectivity index (χ2n) is 7.16. The number of benzene rings is 2. The van der Waals surface area contributed by atoms with Gasteiger partial charge >= 0.3 is 0 Å². The Balaban J connectivity index is 1.74. The second kappa shape index (κ2) is 7.17. The van der Waals surface area contributed by atoms with E-state index in [9.17, 15) is 10.1 Å². The molecular formula is C23H22N2O. The molecule has 4 rings (SSSR count). The molecule has 1 aliphatic carbocycles. The van der Waals surface area contributed by atoms with E-state index in [1.807, 2.05) is 48.7 Å². The van der Waals surface area contributed by atoms with Crippen molar-refractivity contribution in [1.29, 1.82) is 5.26 Å². The van der Waals surface area contributed by atoms with E-state index >= 15 is 0 Å². The van der Waals surface area contributed by atoms with Crippen LogP contribution >= 0.6 is 0 Å². The number of rotatable bonds is 4. The van der Waals surface area contributed by atoms with Gasteiger partial charge < -0.3 is 4.57 Å². The molecule has 0 unspecified atom stereocenters. The van der Waals surface area contributed by atoms with Gasteiger partial charge in [0.05, 0.1) is 11.6 Å². The predicted octanol–water partition coefficient (Wildman–Crippen LogP) is 5.32. The Labute approximate surface area is 153 Å². The molecule has 0 radical (unpaired) electrons. The van der Waals surface area contributed by atoms with Crippen LogP contribution in [-0.4, -0.2) is 10.4 Å². The summed E-state index contributed by atoms with van der Waals surface area (Å²) in [5.41, 5.74) is 3.55. The van der Waals surface area contributed by atoms with Crippen molar-refractivity contribution >= 4 is 16.7 Å². The molecule has 1 heterocycles. The van der Waals surface area contributed by atoms with E-state index in [4.69, 9.17) is 0 Å². The van der Waals surface area contributed by atoms with Gasteiger partial charge in [-0.15, -0.1) is 0 Å². The van der Waals surface area contributed by atoms with Crippen LogP contribution in [0.3, 0.4) is 0 Å². The third kappa shape index (κ3) is 3.04. The number of nitriles is 1. The molecule has 2 aromatic carbocycles. The van der Waals surface area contributed by atoms with Gasteiger partial charge in [-0.05, 0) is 30.5 Å². The first kappa shape index (κ1) is 16.6. The van der Waals surface area contributed by atoms with E-state index < -0.39 is 0 Å². The maximum absolute atomic E-state index is 13.1. The van der Waals surface area contributed by atoms with Crippen molar-refractivity contribution in [2.24, 2.45) is 5.92 Å². The van der Waals surface area contributed by atoms with E-state index in [0.29, 0.717) is 12.1 Å². The van der Waals surface area contributed by atoms with Crippen LogP contribution < -0.4 is 0 Å². The molecule has 1 saturated carbocycles. The summed E-state index contributed by atoms with van der Waals surface area (Å²) >= 11 is 0. The van der Waals surface area contributed by atoms with Gasteiger partial charge in [0.1, 0.15) is 0 Å². The van der Waals surface area contributed by atoms with Gasteiger partial charge in [-0.25, -0.2) is 0 Å². The van der Waals surface area contributed by atoms with E-state index in [1.54, 1.807) is 0 Å². The fourth-order valence-corrected chi connectivity index (χ4v) is 4.11. The lowest BCUT2D eigenvalue weighted by atomic mass is 9.84. The van der Waals surface area contributed by atoms with Crippen LogP contribution in [0, 0.1) is 17.2 Å². The zero-order chi connectivity index (χ0) is 17.9. The van der Waals surface area contributed by atoms with Crippen LogP contribution in [0.4, 0.5) is 0 Å². The number of hydrogen-bond acceptors (Lipinski definition) is 2. The molecule has 1 fully saturated rings. The Hall–Kier alpha value is -2.86. The molecule has 0 amide bonds. The highest BCUT2D eigenvalue weighted by Gasteiger charge is 2.25. The van der Waals surface area contributed by atoms with E-state index in [2.05, 4.69) is 16.7 Å². The molecule has 3 aromatic rings. The van der Waals surface area contributed by atoms with Crippen LogP contribution in [0.2, 0.25) is 0 Å². The fourth-order valence-electron chi connectivity index (χ4n) is 4.11. The zero-order valence-electron chi connectivity index (χ0n) is 14.8. The molecule has 130 valence electrons. The third-order valence-corrected chi connectivity index (χ3v) is 5.51. The highest BCUT2D eigenvalue weighted by molar-refractivity contribution is 6.09. The average molecular weight is 342 g/mol. The maximum Gasteiger partial charge on any atom is 0.168 e. The van der Waals surface area contributed by atoms with Gasteiger partial charge in [0.2, 0.25) is 0 Å². The number of para-hydroxylation sites is 1. The molecule has 26 heavy (non-hydrogen) atoms. The quantitative estimate of drug-likeness (QED) is 0.602. The number of ketones is 1. The lowest BCUT2D eigenvalue weighted by Gasteiger charge is -2.19. The number of fused-ring (bicyclic) bond motifs is 1. The average Bonchev–Trinajstić information content (AvgIpc) is 3.07. The van der Waals surface area contributed by atoms with Crippen LogP contribution in [0.25, 0.3) is 10.9 Å². The van der Waals surface area contributed by atoms with Crippen LogP contribution in [0.15, 0.2) is 54.7 Å². The highest BCUT2D eigenvalue weighted by Crippen LogP contribution is 2.31. The highest BCUT2D eigenvalue weighted by atomic mass is 16.1. The van der Waals surface area contributed by atoms with Gasteiger partial charge in [-0.2, -0.15) is 5.26 Å². The number of carbonyl (C=O) groups excluding carboxylic acids is 1. The normalized spacial score (nSPS) is 15.0. The number of Topliss-reactive ketones (excluding diaryl/α,β-unsaturated/α-hetero) is 1. The minimum Gasteiger partial charge on any atom is -0.342 e. The standard InChI is InChI=1S/C23H22N2O/c24-14-18-10-4-5-11-19(18)15-25-16-21(20-12-6-7-13-22(20)25)23(26)17-8-2-1-3-9-17/h4-7,10-13,16-17H,1-3,8-9,15H2. The molecule has 0 spiro atoms. The Kier molecular flexibility index (Phi) is 4.58. The van der Waals surface area contributed by atoms with Crippen molar-refractivity contribution in [1.82, 2.24) is 4.57 Å². The molecule has 0 N–H and O–H groups in total. The molecule has 0 atom stereocenters. The topological polar surface area (TPSA) is 45.8 Å². The Morgan fingerprint density at radius 1 is 1.04 bits per heavy atom. The molecule has 0 saturated heterocycles. The van der Waals surface area contributed by atoms with Gasteiger partial charge in [0.15, 0.2) is 5.78 Å². The zero-order valence-corrected chi connectivity index (χ0v) is 14.8. The summed E-state index contributed by atoms with van der Waals surface area (Å²) in [6.07, 6.45) is 7.58. The molecule has 0 bridgehead atoms. The third-order valence-electron chi connectivity index (χ3n) is 5.51. The fraction of sp³-hybridized carbons (Fsp3) is 0.304. The molecule has 1 aromatic heterocycles. The summed E-state index contributed by atoms with van der Waals surface area (Å²) in [6.45, 7) is 0.599. The Morgan fingerprint density at radius 2 is 1.77 bits per heavy atom. The van der Waals surface area contributed by atoms with Crippen LogP contribution in [0.5, 0.6) is 0 Å². The molecule has 1 aliphatic rings. The van der Waals surface area contributed by atoms with E-state index in [0.717, 1.165) is 47.7 Å². The van der Waals surface area contributed by atoms with Crippen molar-refractivity contribution in [2.45, 2.75) is 38.6 Å². The lowest BCUT2D eigenvalue weighted by Crippen LogP contribution is -2.17. The molecule has 0 aliphatic heterocycles. The summed E-state index contributed by atoms with van der Waals surface area (Å²) < 4.78 is 2.11. The van der Waals surface area contributed by atoms with Gasteiger partial charge in [-0.1, -0.05) is 55.7 Å². The number of hydrogen-bond donors (Lipinski definition) is 0. The second-order valence-corrected chi connectivity index (χ2v) is 7.16. The van der Waals surface area contributed by atoms with Gasteiger partial charge in [0, 0.05) is 35.1 Å². The largest absolute Gasteiger partial charge is 0.342 e. The Bertz CT molecular complexity index is 987. The van der Waals surface area contributed by atoms with Crippen molar-refractivity contribution in [2.75, 3.05) is 0 Å². The minimum absolute atomic E-state index is 0.161. The van der Waals surface area contributed by atoms with Crippen LogP contribution in [0.1, 0.15) is 53.6 Å². The minimum atomic E-state index is 0.161. The summed E-state index contributed by atoms with van der Waals surface area (Å²) in [5, 5.41) is 10.4. The van der Waals surface area contributed by atoms with Crippen molar-refractivity contribution < 1.29 is 4.79 Å². The van der Waals surface area contributed by atoms with Crippen molar-refractivity contribution in [3.8, 4) is 6.07 Å². The monoisotopic (exact) mass is 342 g/mol. The summed E-state index contributed by atoms with van der Waals surface area (Å²) in [4.78, 5) is 13.1. The van der Waals surface area contributed by atoms with Crippen molar-refractivity contribution in [3.63, 3.8) is 0 Å². The Morgan fingerprint density at radius 3 is 2.58 bits per heavy atom. The first-order valence-electron chi connectivity index (χ1n) is 9.38. The van der Waals surface area contributed by atoms with E-state index in [-0.39, 0.29) is 11.7 Å². The van der Waals surface area contributed by atoms with Gasteiger partial charge in [0.25, 0.3) is 0 Å². The predicted molar refractivity (Wildman–Crippen MR) is 103 cm³/mol. The smallest absolute Gasteiger partial charge is 0.168 e. The molecule has 3 nitrogen and oxygen atoms in total. The number of carbonyl (C=O) groups is 1. The number of aromatic nitrogens is 1. The first-order chi connectivity index (χ1) is 12.8. The summed E-state index contributed by atoms with van der Waals surface area (Å²) in [7, 11) is 0. The van der Waals surface area contributed by atoms with E-state index in [1.165, 1.54) is 6.42 Å². The summed E-state index contributed by atoms with van der Waals surface area (Å²) in [6, 6.07) is 18.0. The maximum atomic E-state index is 13.1. The SMILES string of the molecule is N#Cc1ccccc1Cn1cc(C(=O)C2CCCCC2)c2ccccc21. The lowest BCUT2D eigenvalue weighted by molar-refractivity contribution is 0.0891. The van der Waals surface area contributed by atoms with Crippen molar-refractivity contribution in [3.05, 3.63) is 71.4 Å². The first-order valence-corrected chi connectivity index (χ1v) is 9.38. The van der Waals surface area contributed by atoms with Crippen LogP contribution in [-0.2, 0) is 6.54 Å². The van der Waals surface area contributed by atoms with Gasteiger partial charge in [-0.3, -0.25) is 4.79 Å². The summed E-state index contributed by atoms with van der Waals surface area (Å²) in [5.74, 6) is 0.447. The number of nitrogens with zero attached hydrogens (tertiary/aromatic N) is 2. The molecular weight excluding hydrogens is 320 g/mol. The molecule has 3 heteroatoms.